The van der Waals surface area contributed by atoms with E-state index in [1.165, 1.54) is 45.7 Å². The minimum absolute atomic E-state index is 0.251. The molecule has 7 rings (SSSR count). The summed E-state index contributed by atoms with van der Waals surface area (Å²) in [6.45, 7) is 2.78. The van der Waals surface area contributed by atoms with E-state index in [0.29, 0.717) is 18.6 Å². The summed E-state index contributed by atoms with van der Waals surface area (Å²) < 4.78 is 19.6. The van der Waals surface area contributed by atoms with Gasteiger partial charge in [-0.3, -0.25) is 4.90 Å². The highest BCUT2D eigenvalue weighted by atomic mass is 19.1. The Bertz CT molecular complexity index is 1310. The Morgan fingerprint density at radius 2 is 1.81 bits per heavy atom. The fourth-order valence-electron chi connectivity index (χ4n) is 6.18. The van der Waals surface area contributed by atoms with Crippen LogP contribution in [-0.2, 0) is 11.2 Å². The molecule has 3 nitrogen and oxygen atoms in total. The number of ether oxygens (including phenoxy) is 1. The molecule has 1 aliphatic carbocycles. The SMILES string of the molecule is FC(c1ccc2c(C3CCN([C@H]4Cc5cccc6cccc4c56)CC3)c[nH]c2c1)C1CO1. The first-order valence-corrected chi connectivity index (χ1v) is 11.9. The molecular formula is C28H27FN2O. The van der Waals surface area contributed by atoms with E-state index in [0.717, 1.165) is 30.6 Å². The Morgan fingerprint density at radius 3 is 2.62 bits per heavy atom. The minimum Gasteiger partial charge on any atom is -0.370 e. The van der Waals surface area contributed by atoms with Gasteiger partial charge in [0.2, 0.25) is 0 Å². The maximum absolute atomic E-state index is 14.4. The van der Waals surface area contributed by atoms with Gasteiger partial charge < -0.3 is 9.72 Å². The van der Waals surface area contributed by atoms with Crippen LogP contribution in [0.4, 0.5) is 4.39 Å². The number of nitrogens with one attached hydrogen (secondary N) is 1. The van der Waals surface area contributed by atoms with Gasteiger partial charge in [-0.1, -0.05) is 48.5 Å². The van der Waals surface area contributed by atoms with Gasteiger partial charge in [0.05, 0.1) is 6.61 Å². The number of H-pyrrole nitrogens is 1. The van der Waals surface area contributed by atoms with E-state index in [9.17, 15) is 4.39 Å². The topological polar surface area (TPSA) is 31.6 Å². The summed E-state index contributed by atoms with van der Waals surface area (Å²) in [5, 5.41) is 4.10. The molecule has 2 fully saturated rings. The second-order valence-corrected chi connectivity index (χ2v) is 9.72. The van der Waals surface area contributed by atoms with Crippen LogP contribution in [0.2, 0.25) is 0 Å². The number of alkyl halides is 1. The normalized spacial score (nSPS) is 24.4. The van der Waals surface area contributed by atoms with Gasteiger partial charge in [-0.25, -0.2) is 4.39 Å². The van der Waals surface area contributed by atoms with Crippen molar-refractivity contribution in [1.82, 2.24) is 9.88 Å². The summed E-state index contributed by atoms with van der Waals surface area (Å²) in [6.07, 6.45) is 4.35. The van der Waals surface area contributed by atoms with Crippen molar-refractivity contribution in [1.29, 1.82) is 0 Å². The van der Waals surface area contributed by atoms with E-state index in [1.54, 1.807) is 0 Å². The lowest BCUT2D eigenvalue weighted by atomic mass is 9.88. The third-order valence-electron chi connectivity index (χ3n) is 7.95. The van der Waals surface area contributed by atoms with Crippen LogP contribution in [0, 0.1) is 0 Å². The highest BCUT2D eigenvalue weighted by Crippen LogP contribution is 2.43. The van der Waals surface area contributed by atoms with Crippen LogP contribution in [0.5, 0.6) is 0 Å². The number of hydrogen-bond acceptors (Lipinski definition) is 2. The molecule has 4 aromatic rings. The summed E-state index contributed by atoms with van der Waals surface area (Å²) >= 11 is 0. The molecule has 0 spiro atoms. The number of likely N-dealkylation sites (tertiary alicyclic amines) is 1. The van der Waals surface area contributed by atoms with Crippen molar-refractivity contribution in [3.05, 3.63) is 83.0 Å². The number of benzene rings is 3. The third-order valence-corrected chi connectivity index (χ3v) is 7.95. The average molecular weight is 427 g/mol. The highest BCUT2D eigenvalue weighted by Gasteiger charge is 2.35. The number of aromatic nitrogens is 1. The number of nitrogens with zero attached hydrogens (tertiary/aromatic N) is 1. The van der Waals surface area contributed by atoms with Crippen LogP contribution in [0.3, 0.4) is 0 Å². The number of halogens is 1. The Morgan fingerprint density at radius 1 is 1.00 bits per heavy atom. The van der Waals surface area contributed by atoms with Gasteiger partial charge in [-0.2, -0.15) is 0 Å². The smallest absolute Gasteiger partial charge is 0.154 e. The van der Waals surface area contributed by atoms with Crippen molar-refractivity contribution in [2.45, 2.75) is 43.5 Å². The van der Waals surface area contributed by atoms with E-state index in [1.807, 2.05) is 12.1 Å². The molecule has 3 aliphatic rings. The van der Waals surface area contributed by atoms with Crippen molar-refractivity contribution in [3.63, 3.8) is 0 Å². The fourth-order valence-corrected chi connectivity index (χ4v) is 6.18. The number of fused-ring (bicyclic) bond motifs is 1. The van der Waals surface area contributed by atoms with Gasteiger partial charge in [0.15, 0.2) is 6.17 Å². The van der Waals surface area contributed by atoms with Gasteiger partial charge in [-0.05, 0) is 77.4 Å². The zero-order valence-electron chi connectivity index (χ0n) is 18.1. The zero-order chi connectivity index (χ0) is 21.2. The zero-order valence-corrected chi connectivity index (χ0v) is 18.1. The van der Waals surface area contributed by atoms with E-state index in [-0.39, 0.29) is 6.10 Å². The molecule has 4 heteroatoms. The number of piperidine rings is 1. The van der Waals surface area contributed by atoms with Crippen LogP contribution in [0.25, 0.3) is 21.7 Å². The van der Waals surface area contributed by atoms with Crippen molar-refractivity contribution in [3.8, 4) is 0 Å². The predicted octanol–water partition coefficient (Wildman–Crippen LogP) is 6.21. The van der Waals surface area contributed by atoms with E-state index in [2.05, 4.69) is 58.5 Å². The molecule has 3 heterocycles. The molecule has 0 radical (unpaired) electrons. The molecule has 32 heavy (non-hydrogen) atoms. The molecule has 2 unspecified atom stereocenters. The second kappa shape index (κ2) is 7.16. The highest BCUT2D eigenvalue weighted by molar-refractivity contribution is 5.91. The number of hydrogen-bond donors (Lipinski definition) is 1. The molecule has 162 valence electrons. The Hall–Kier alpha value is -2.69. The third kappa shape index (κ3) is 2.93. The summed E-state index contributed by atoms with van der Waals surface area (Å²) in [5.74, 6) is 0.554. The lowest BCUT2D eigenvalue weighted by Crippen LogP contribution is -2.36. The Balaban J connectivity index is 1.10. The van der Waals surface area contributed by atoms with Gasteiger partial charge in [0.1, 0.15) is 6.10 Å². The Kier molecular flexibility index (Phi) is 4.21. The van der Waals surface area contributed by atoms with E-state index < -0.39 is 6.17 Å². The maximum Gasteiger partial charge on any atom is 0.154 e. The first kappa shape index (κ1) is 18.8. The molecule has 3 atom stereocenters. The van der Waals surface area contributed by atoms with Crippen molar-refractivity contribution in [2.75, 3.05) is 19.7 Å². The van der Waals surface area contributed by atoms with Gasteiger partial charge in [0, 0.05) is 23.1 Å². The van der Waals surface area contributed by atoms with Gasteiger partial charge in [-0.15, -0.1) is 0 Å². The summed E-state index contributed by atoms with van der Waals surface area (Å²) in [6, 6.07) is 20.0. The molecule has 1 N–H and O–H groups in total. The lowest BCUT2D eigenvalue weighted by Gasteiger charge is -2.36. The quantitative estimate of drug-likeness (QED) is 0.394. The Labute approximate surface area is 187 Å². The standard InChI is InChI=1S/C28H27FN2O/c29-28(26-16-32-26)20-7-8-21-23(15-30-24(21)13-20)17-9-11-31(12-10-17)25-14-19-5-1-3-18-4-2-6-22(25)27(18)19/h1-8,13,15,17,25-26,28,30H,9-12,14,16H2/t25-,26?,28?/m0/s1. The van der Waals surface area contributed by atoms with Crippen molar-refractivity contribution in [2.24, 2.45) is 0 Å². The molecule has 0 saturated carbocycles. The largest absolute Gasteiger partial charge is 0.370 e. The maximum atomic E-state index is 14.4. The average Bonchev–Trinajstić information content (AvgIpc) is 3.50. The first-order valence-electron chi connectivity index (χ1n) is 11.9. The van der Waals surface area contributed by atoms with E-state index >= 15 is 0 Å². The van der Waals surface area contributed by atoms with Crippen molar-refractivity contribution < 1.29 is 9.13 Å². The summed E-state index contributed by atoms with van der Waals surface area (Å²) in [5.41, 5.74) is 6.16. The first-order chi connectivity index (χ1) is 15.8. The predicted molar refractivity (Wildman–Crippen MR) is 126 cm³/mol. The second-order valence-electron chi connectivity index (χ2n) is 9.72. The molecule has 3 aromatic carbocycles. The molecule has 0 bridgehead atoms. The summed E-state index contributed by atoms with van der Waals surface area (Å²) in [4.78, 5) is 6.11. The summed E-state index contributed by atoms with van der Waals surface area (Å²) in [7, 11) is 0. The van der Waals surface area contributed by atoms with E-state index in [4.69, 9.17) is 4.74 Å². The molecule has 0 amide bonds. The van der Waals surface area contributed by atoms with Gasteiger partial charge >= 0.3 is 0 Å². The van der Waals surface area contributed by atoms with Crippen LogP contribution in [0.1, 0.15) is 53.2 Å². The van der Waals surface area contributed by atoms with Crippen molar-refractivity contribution >= 4 is 21.7 Å². The monoisotopic (exact) mass is 426 g/mol. The number of rotatable bonds is 4. The lowest BCUT2D eigenvalue weighted by molar-refractivity contribution is 0.155. The van der Waals surface area contributed by atoms with Crippen LogP contribution in [0.15, 0.2) is 60.8 Å². The van der Waals surface area contributed by atoms with Crippen LogP contribution < -0.4 is 0 Å². The molecule has 2 saturated heterocycles. The van der Waals surface area contributed by atoms with Crippen LogP contribution in [-0.4, -0.2) is 35.7 Å². The molecular weight excluding hydrogens is 399 g/mol. The number of epoxide rings is 1. The minimum atomic E-state index is -1.02. The number of aromatic amines is 1. The molecule has 1 aromatic heterocycles. The van der Waals surface area contributed by atoms with Gasteiger partial charge in [0.25, 0.3) is 0 Å². The fraction of sp³-hybridized carbons (Fsp3) is 0.357. The van der Waals surface area contributed by atoms with Crippen LogP contribution >= 0.6 is 0 Å². The molecule has 2 aliphatic heterocycles.